The van der Waals surface area contributed by atoms with E-state index in [0.717, 1.165) is 0 Å². The summed E-state index contributed by atoms with van der Waals surface area (Å²) in [6.07, 6.45) is -8.32. The number of piperazine rings is 1. The van der Waals surface area contributed by atoms with Crippen LogP contribution in [0, 0.1) is 5.82 Å². The van der Waals surface area contributed by atoms with Crippen molar-refractivity contribution in [3.63, 3.8) is 0 Å². The molecule has 41 heavy (non-hydrogen) atoms. The Morgan fingerprint density at radius 2 is 1.59 bits per heavy atom. The Kier molecular flexibility index (Phi) is 9.92. The molecule has 1 aliphatic heterocycles. The first-order chi connectivity index (χ1) is 19.1. The third-order valence-electron chi connectivity index (χ3n) is 6.00. The van der Waals surface area contributed by atoms with Crippen molar-refractivity contribution in [2.75, 3.05) is 25.0 Å². The third-order valence-corrected chi connectivity index (χ3v) is 6.00. The molecule has 222 valence electrons. The molecular formula is C27H28F7N5O2. The standard InChI is InChI=1S/C17H19FN4O2.C10H9F6N/c1-10-8-22(9-11(2)20-10)17-19-7-13(16(23)24)15(21-17)12-5-3-4-6-14(12)18;1-17-5-6-2-7(9(11,12)13)4-8(3-6)10(14,15)16/h3-7,10-11,20H,8-9H2,1-2H3,(H,23,24);2-4,17H,5H2,1H3/t10-,11-;/m1./s1. The number of anilines is 1. The minimum Gasteiger partial charge on any atom is -0.478 e. The van der Waals surface area contributed by atoms with Crippen LogP contribution in [0.4, 0.5) is 36.7 Å². The molecule has 1 aromatic heterocycles. The molecule has 0 saturated carbocycles. The van der Waals surface area contributed by atoms with Crippen LogP contribution in [-0.2, 0) is 18.9 Å². The van der Waals surface area contributed by atoms with Gasteiger partial charge in [0, 0.05) is 43.5 Å². The van der Waals surface area contributed by atoms with Gasteiger partial charge in [0.2, 0.25) is 5.95 Å². The lowest BCUT2D eigenvalue weighted by atomic mass is 10.0. The molecule has 1 fully saturated rings. The molecule has 4 rings (SSSR count). The first kappa shape index (κ1) is 31.7. The molecule has 2 atom stereocenters. The summed E-state index contributed by atoms with van der Waals surface area (Å²) in [6, 6.07) is 8.05. The van der Waals surface area contributed by atoms with E-state index in [1.807, 2.05) is 4.90 Å². The minimum atomic E-state index is -4.79. The maximum absolute atomic E-state index is 14.1. The highest BCUT2D eigenvalue weighted by Gasteiger charge is 2.36. The van der Waals surface area contributed by atoms with E-state index in [1.165, 1.54) is 25.4 Å². The van der Waals surface area contributed by atoms with Gasteiger partial charge < -0.3 is 20.6 Å². The van der Waals surface area contributed by atoms with Crippen LogP contribution in [0.3, 0.4) is 0 Å². The normalized spacial score (nSPS) is 17.6. The van der Waals surface area contributed by atoms with Crippen molar-refractivity contribution in [2.45, 2.75) is 44.8 Å². The van der Waals surface area contributed by atoms with E-state index < -0.39 is 35.3 Å². The van der Waals surface area contributed by atoms with Crippen molar-refractivity contribution in [1.82, 2.24) is 20.6 Å². The Morgan fingerprint density at radius 1 is 1.02 bits per heavy atom. The number of halogens is 7. The highest BCUT2D eigenvalue weighted by Crippen LogP contribution is 2.36. The monoisotopic (exact) mass is 587 g/mol. The summed E-state index contributed by atoms with van der Waals surface area (Å²) < 4.78 is 88.5. The topological polar surface area (TPSA) is 90.4 Å². The van der Waals surface area contributed by atoms with Gasteiger partial charge in [0.1, 0.15) is 11.4 Å². The zero-order valence-electron chi connectivity index (χ0n) is 22.2. The fourth-order valence-electron chi connectivity index (χ4n) is 4.36. The molecule has 14 heteroatoms. The molecule has 0 amide bonds. The largest absolute Gasteiger partial charge is 0.478 e. The van der Waals surface area contributed by atoms with Crippen LogP contribution in [0.1, 0.15) is 40.9 Å². The maximum Gasteiger partial charge on any atom is 0.416 e. The number of nitrogens with one attached hydrogen (secondary N) is 2. The van der Waals surface area contributed by atoms with Gasteiger partial charge in [-0.3, -0.25) is 0 Å². The summed E-state index contributed by atoms with van der Waals surface area (Å²) >= 11 is 0. The number of alkyl halides is 6. The van der Waals surface area contributed by atoms with E-state index in [9.17, 15) is 40.6 Å². The van der Waals surface area contributed by atoms with Crippen molar-refractivity contribution < 1.29 is 40.6 Å². The van der Waals surface area contributed by atoms with Gasteiger partial charge in [0.15, 0.2) is 0 Å². The predicted octanol–water partition coefficient (Wildman–Crippen LogP) is 5.61. The number of aromatic carboxylic acids is 1. The summed E-state index contributed by atoms with van der Waals surface area (Å²) in [6.45, 7) is 5.46. The molecule has 0 aliphatic carbocycles. The van der Waals surface area contributed by atoms with Crippen LogP contribution < -0.4 is 15.5 Å². The highest BCUT2D eigenvalue weighted by atomic mass is 19.4. The number of hydrogen-bond acceptors (Lipinski definition) is 6. The van der Waals surface area contributed by atoms with Crippen LogP contribution >= 0.6 is 0 Å². The highest BCUT2D eigenvalue weighted by molar-refractivity contribution is 5.94. The van der Waals surface area contributed by atoms with E-state index in [2.05, 4.69) is 34.4 Å². The quantitative estimate of drug-likeness (QED) is 0.335. The first-order valence-electron chi connectivity index (χ1n) is 12.4. The van der Waals surface area contributed by atoms with E-state index in [0.29, 0.717) is 31.2 Å². The molecule has 0 bridgehead atoms. The zero-order valence-corrected chi connectivity index (χ0v) is 22.2. The van der Waals surface area contributed by atoms with Crippen molar-refractivity contribution >= 4 is 11.9 Å². The van der Waals surface area contributed by atoms with Gasteiger partial charge in [-0.15, -0.1) is 0 Å². The lowest BCUT2D eigenvalue weighted by Crippen LogP contribution is -2.54. The average molecular weight is 588 g/mol. The smallest absolute Gasteiger partial charge is 0.416 e. The maximum atomic E-state index is 14.1. The minimum absolute atomic E-state index is 0.0605. The molecule has 1 saturated heterocycles. The molecule has 2 aromatic carbocycles. The van der Waals surface area contributed by atoms with E-state index in [4.69, 9.17) is 0 Å². The summed E-state index contributed by atoms with van der Waals surface area (Å²) in [7, 11) is 1.44. The summed E-state index contributed by atoms with van der Waals surface area (Å²) in [5.41, 5.74) is -2.50. The Bertz CT molecular complexity index is 1320. The summed E-state index contributed by atoms with van der Waals surface area (Å²) in [4.78, 5) is 22.0. The number of carboxylic acid groups (broad SMARTS) is 1. The summed E-state index contributed by atoms with van der Waals surface area (Å²) in [5, 5.41) is 15.3. The van der Waals surface area contributed by atoms with Crippen molar-refractivity contribution in [3.8, 4) is 11.3 Å². The average Bonchev–Trinajstić information content (AvgIpc) is 2.87. The zero-order chi connectivity index (χ0) is 30.5. The molecule has 0 spiro atoms. The van der Waals surface area contributed by atoms with Gasteiger partial charge in [-0.1, -0.05) is 12.1 Å². The SMILES string of the molecule is CNCc1cc(C(F)(F)F)cc(C(F)(F)F)c1.C[C@@H]1CN(c2ncc(C(=O)O)c(-c3ccccc3F)n2)C[C@@H](C)N1. The molecular weight excluding hydrogens is 559 g/mol. The van der Waals surface area contributed by atoms with Gasteiger partial charge in [0.25, 0.3) is 0 Å². The molecule has 0 unspecified atom stereocenters. The molecule has 0 radical (unpaired) electrons. The molecule has 3 N–H and O–H groups in total. The number of aromatic nitrogens is 2. The fourth-order valence-corrected chi connectivity index (χ4v) is 4.36. The number of rotatable bonds is 5. The van der Waals surface area contributed by atoms with E-state index in [1.54, 1.807) is 12.1 Å². The van der Waals surface area contributed by atoms with Crippen LogP contribution in [0.2, 0.25) is 0 Å². The van der Waals surface area contributed by atoms with Crippen LogP contribution in [-0.4, -0.2) is 53.3 Å². The first-order valence-corrected chi connectivity index (χ1v) is 12.4. The van der Waals surface area contributed by atoms with E-state index >= 15 is 0 Å². The number of carboxylic acids is 1. The Hall–Kier alpha value is -3.78. The molecule has 2 heterocycles. The number of hydrogen-bond donors (Lipinski definition) is 3. The number of nitrogens with zero attached hydrogens (tertiary/aromatic N) is 3. The third kappa shape index (κ3) is 8.36. The van der Waals surface area contributed by atoms with Crippen LogP contribution in [0.25, 0.3) is 11.3 Å². The van der Waals surface area contributed by atoms with Crippen molar-refractivity contribution in [2.24, 2.45) is 0 Å². The molecule has 3 aromatic rings. The Morgan fingerprint density at radius 3 is 2.07 bits per heavy atom. The summed E-state index contributed by atoms with van der Waals surface area (Å²) in [5.74, 6) is -1.27. The van der Waals surface area contributed by atoms with Crippen LogP contribution in [0.15, 0.2) is 48.7 Å². The van der Waals surface area contributed by atoms with Gasteiger partial charge >= 0.3 is 18.3 Å². The second-order valence-corrected chi connectivity index (χ2v) is 9.54. The van der Waals surface area contributed by atoms with Gasteiger partial charge in [-0.25, -0.2) is 19.2 Å². The van der Waals surface area contributed by atoms with Gasteiger partial charge in [-0.05, 0) is 56.8 Å². The number of benzene rings is 2. The lowest BCUT2D eigenvalue weighted by Gasteiger charge is -2.36. The van der Waals surface area contributed by atoms with Crippen molar-refractivity contribution in [3.05, 3.63) is 76.7 Å². The Labute approximate surface area is 231 Å². The molecule has 7 nitrogen and oxygen atoms in total. The molecule has 1 aliphatic rings. The van der Waals surface area contributed by atoms with E-state index in [-0.39, 0.29) is 47.1 Å². The predicted molar refractivity (Wildman–Crippen MR) is 138 cm³/mol. The lowest BCUT2D eigenvalue weighted by molar-refractivity contribution is -0.143. The van der Waals surface area contributed by atoms with Crippen LogP contribution in [0.5, 0.6) is 0 Å². The second-order valence-electron chi connectivity index (χ2n) is 9.54. The van der Waals surface area contributed by atoms with Gasteiger partial charge in [-0.2, -0.15) is 26.3 Å². The van der Waals surface area contributed by atoms with Crippen molar-refractivity contribution in [1.29, 1.82) is 0 Å². The fraction of sp³-hybridized carbons (Fsp3) is 0.370. The second kappa shape index (κ2) is 12.8. The Balaban J connectivity index is 0.000000241. The number of carbonyl (C=O) groups is 1. The van der Waals surface area contributed by atoms with Gasteiger partial charge in [0.05, 0.1) is 16.8 Å².